The first-order valence-electron chi connectivity index (χ1n) is 11.5. The summed E-state index contributed by atoms with van der Waals surface area (Å²) in [5.41, 5.74) is 2.23. The van der Waals surface area contributed by atoms with Gasteiger partial charge in [-0.05, 0) is 60.3 Å². The molecule has 0 saturated carbocycles. The third-order valence-corrected chi connectivity index (χ3v) is 6.33. The van der Waals surface area contributed by atoms with Crippen molar-refractivity contribution in [2.45, 2.75) is 32.9 Å². The minimum Gasteiger partial charge on any atom is -0.347 e. The number of thiophene rings is 1. The van der Waals surface area contributed by atoms with Gasteiger partial charge in [0.2, 0.25) is 0 Å². The average Bonchev–Trinajstić information content (AvgIpc) is 3.35. The van der Waals surface area contributed by atoms with Crippen molar-refractivity contribution < 1.29 is 9.59 Å². The van der Waals surface area contributed by atoms with Gasteiger partial charge >= 0.3 is 6.03 Å². The van der Waals surface area contributed by atoms with E-state index in [0.29, 0.717) is 24.3 Å². The SMILES string of the molecule is CCCCN(CCNC(=O)Nc1cccc(C(=O)NCc2cccs2)c1)Cc1cccc(Cl)c1. The van der Waals surface area contributed by atoms with E-state index in [4.69, 9.17) is 11.6 Å². The monoisotopic (exact) mass is 498 g/mol. The van der Waals surface area contributed by atoms with E-state index in [1.807, 2.05) is 35.7 Å². The molecule has 3 N–H and O–H groups in total. The molecular weight excluding hydrogens is 468 g/mol. The van der Waals surface area contributed by atoms with Crippen LogP contribution in [0.4, 0.5) is 10.5 Å². The number of benzene rings is 2. The van der Waals surface area contributed by atoms with E-state index in [9.17, 15) is 9.59 Å². The molecule has 0 radical (unpaired) electrons. The quantitative estimate of drug-likeness (QED) is 0.297. The molecule has 1 aromatic heterocycles. The molecule has 0 unspecified atom stereocenters. The molecule has 0 aliphatic rings. The number of hydrogen-bond acceptors (Lipinski definition) is 4. The molecule has 0 fully saturated rings. The summed E-state index contributed by atoms with van der Waals surface area (Å²) >= 11 is 7.72. The predicted octanol–water partition coefficient (Wildman–Crippen LogP) is 5.76. The lowest BCUT2D eigenvalue weighted by Crippen LogP contribution is -2.37. The summed E-state index contributed by atoms with van der Waals surface area (Å²) < 4.78 is 0. The fourth-order valence-corrected chi connectivity index (χ4v) is 4.33. The summed E-state index contributed by atoms with van der Waals surface area (Å²) in [6.45, 7) is 5.63. The molecule has 8 heteroatoms. The standard InChI is InChI=1S/C26H31ClN4O2S/c1-2-3-13-31(19-20-7-4-9-22(27)16-20)14-12-28-26(33)30-23-10-5-8-21(17-23)25(32)29-18-24-11-6-15-34-24/h4-11,15-17H,2-3,12-14,18-19H2,1H3,(H,29,32)(H2,28,30,33). The van der Waals surface area contributed by atoms with Crippen LogP contribution in [0.2, 0.25) is 5.02 Å². The first-order valence-corrected chi connectivity index (χ1v) is 12.7. The van der Waals surface area contributed by atoms with Gasteiger partial charge in [-0.15, -0.1) is 11.3 Å². The Hall–Kier alpha value is -2.87. The summed E-state index contributed by atoms with van der Waals surface area (Å²) in [6.07, 6.45) is 2.20. The highest BCUT2D eigenvalue weighted by atomic mass is 35.5. The van der Waals surface area contributed by atoms with Crippen molar-refractivity contribution in [3.8, 4) is 0 Å². The van der Waals surface area contributed by atoms with Gasteiger partial charge in [0.25, 0.3) is 5.91 Å². The fraction of sp³-hybridized carbons (Fsp3) is 0.308. The number of unbranched alkanes of at least 4 members (excludes halogenated alkanes) is 1. The van der Waals surface area contributed by atoms with E-state index < -0.39 is 0 Å². The lowest BCUT2D eigenvalue weighted by Gasteiger charge is -2.22. The van der Waals surface area contributed by atoms with Crippen molar-refractivity contribution in [2.24, 2.45) is 0 Å². The molecule has 0 atom stereocenters. The molecule has 180 valence electrons. The molecule has 3 amide bonds. The van der Waals surface area contributed by atoms with Gasteiger partial charge in [-0.3, -0.25) is 9.69 Å². The topological polar surface area (TPSA) is 73.5 Å². The van der Waals surface area contributed by atoms with Crippen LogP contribution in [0.15, 0.2) is 66.0 Å². The molecular formula is C26H31ClN4O2S. The molecule has 0 aliphatic heterocycles. The van der Waals surface area contributed by atoms with Crippen LogP contribution < -0.4 is 16.0 Å². The predicted molar refractivity (Wildman–Crippen MR) is 141 cm³/mol. The van der Waals surface area contributed by atoms with Gasteiger partial charge in [-0.1, -0.05) is 49.2 Å². The number of carbonyl (C=O) groups excluding carboxylic acids is 2. The molecule has 6 nitrogen and oxygen atoms in total. The van der Waals surface area contributed by atoms with Crippen LogP contribution in [-0.4, -0.2) is 36.5 Å². The molecule has 34 heavy (non-hydrogen) atoms. The van der Waals surface area contributed by atoms with Crippen LogP contribution in [-0.2, 0) is 13.1 Å². The van der Waals surface area contributed by atoms with E-state index in [0.717, 1.165) is 47.9 Å². The van der Waals surface area contributed by atoms with Gasteiger partial charge in [0.1, 0.15) is 0 Å². The Bertz CT molecular complexity index is 1060. The Morgan fingerprint density at radius 1 is 1.00 bits per heavy atom. The van der Waals surface area contributed by atoms with E-state index in [2.05, 4.69) is 33.8 Å². The Labute approximate surface area is 210 Å². The summed E-state index contributed by atoms with van der Waals surface area (Å²) in [6, 6.07) is 18.4. The first kappa shape index (κ1) is 25.7. The van der Waals surface area contributed by atoms with Crippen LogP contribution in [0.5, 0.6) is 0 Å². The lowest BCUT2D eigenvalue weighted by atomic mass is 10.2. The summed E-state index contributed by atoms with van der Waals surface area (Å²) in [5, 5.41) is 11.3. The average molecular weight is 499 g/mol. The van der Waals surface area contributed by atoms with Crippen molar-refractivity contribution in [2.75, 3.05) is 25.0 Å². The molecule has 0 bridgehead atoms. The van der Waals surface area contributed by atoms with Crippen molar-refractivity contribution >= 4 is 40.6 Å². The molecule has 0 saturated heterocycles. The number of halogens is 1. The van der Waals surface area contributed by atoms with E-state index in [1.54, 1.807) is 35.6 Å². The molecule has 3 aromatic rings. The van der Waals surface area contributed by atoms with Gasteiger partial charge in [0.05, 0.1) is 6.54 Å². The maximum atomic E-state index is 12.4. The van der Waals surface area contributed by atoms with Crippen molar-refractivity contribution in [3.63, 3.8) is 0 Å². The fourth-order valence-electron chi connectivity index (χ4n) is 3.47. The number of nitrogens with zero attached hydrogens (tertiary/aromatic N) is 1. The molecule has 2 aromatic carbocycles. The third kappa shape index (κ3) is 8.82. The first-order chi connectivity index (χ1) is 16.5. The van der Waals surface area contributed by atoms with Gasteiger partial charge in [0, 0.05) is 40.8 Å². The van der Waals surface area contributed by atoms with Crippen LogP contribution in [0.25, 0.3) is 0 Å². The highest BCUT2D eigenvalue weighted by molar-refractivity contribution is 7.09. The highest BCUT2D eigenvalue weighted by Gasteiger charge is 2.10. The summed E-state index contributed by atoms with van der Waals surface area (Å²) in [4.78, 5) is 28.3. The minimum absolute atomic E-state index is 0.176. The maximum Gasteiger partial charge on any atom is 0.319 e. The zero-order chi connectivity index (χ0) is 24.2. The largest absolute Gasteiger partial charge is 0.347 e. The summed E-state index contributed by atoms with van der Waals surface area (Å²) in [7, 11) is 0. The van der Waals surface area contributed by atoms with Crippen LogP contribution in [0, 0.1) is 0 Å². The van der Waals surface area contributed by atoms with E-state index in [1.165, 1.54) is 0 Å². The van der Waals surface area contributed by atoms with Crippen LogP contribution in [0.1, 0.15) is 40.6 Å². The Kier molecular flexibility index (Phi) is 10.4. The van der Waals surface area contributed by atoms with Gasteiger partial charge in [0.15, 0.2) is 0 Å². The smallest absolute Gasteiger partial charge is 0.319 e. The Balaban J connectivity index is 1.46. The van der Waals surface area contributed by atoms with E-state index >= 15 is 0 Å². The number of urea groups is 1. The van der Waals surface area contributed by atoms with Crippen LogP contribution >= 0.6 is 22.9 Å². The minimum atomic E-state index is -0.297. The second kappa shape index (κ2) is 13.7. The normalized spacial score (nSPS) is 10.8. The Morgan fingerprint density at radius 3 is 2.62 bits per heavy atom. The number of rotatable bonds is 12. The zero-order valence-electron chi connectivity index (χ0n) is 19.4. The van der Waals surface area contributed by atoms with Crippen molar-refractivity contribution in [3.05, 3.63) is 87.1 Å². The second-order valence-corrected chi connectivity index (χ2v) is 9.45. The van der Waals surface area contributed by atoms with Gasteiger partial charge in [-0.2, -0.15) is 0 Å². The number of amides is 3. The lowest BCUT2D eigenvalue weighted by molar-refractivity contribution is 0.0951. The van der Waals surface area contributed by atoms with Crippen molar-refractivity contribution in [1.82, 2.24) is 15.5 Å². The van der Waals surface area contributed by atoms with Crippen molar-refractivity contribution in [1.29, 1.82) is 0 Å². The molecule has 1 heterocycles. The van der Waals surface area contributed by atoms with Crippen LogP contribution in [0.3, 0.4) is 0 Å². The molecule has 3 rings (SSSR count). The molecule has 0 aliphatic carbocycles. The maximum absolute atomic E-state index is 12.4. The third-order valence-electron chi connectivity index (χ3n) is 5.22. The van der Waals surface area contributed by atoms with E-state index in [-0.39, 0.29) is 11.9 Å². The van der Waals surface area contributed by atoms with Gasteiger partial charge in [-0.25, -0.2) is 4.79 Å². The second-order valence-electron chi connectivity index (χ2n) is 7.98. The number of anilines is 1. The van der Waals surface area contributed by atoms with Gasteiger partial charge < -0.3 is 16.0 Å². The number of carbonyl (C=O) groups is 2. The molecule has 0 spiro atoms. The number of nitrogens with one attached hydrogen (secondary N) is 3. The Morgan fingerprint density at radius 2 is 1.85 bits per heavy atom. The number of hydrogen-bond donors (Lipinski definition) is 3. The zero-order valence-corrected chi connectivity index (χ0v) is 20.9. The highest BCUT2D eigenvalue weighted by Crippen LogP contribution is 2.14. The summed E-state index contributed by atoms with van der Waals surface area (Å²) in [5.74, 6) is -0.176.